The Labute approximate surface area is 397 Å². The maximum atomic E-state index is 6.66. The molecule has 2 nitrogen and oxygen atoms in total. The zero-order chi connectivity index (χ0) is 43.5. The molecular weight excluding hydrogens is 936 g/mol. The van der Waals surface area contributed by atoms with Crippen molar-refractivity contribution < 1.29 is 8.83 Å². The Balaban J connectivity index is 0.000000121. The first-order valence-corrected chi connectivity index (χ1v) is 24.0. The Hall–Kier alpha value is -7.24. The van der Waals surface area contributed by atoms with Gasteiger partial charge in [0, 0.05) is 47.2 Å². The largest absolute Gasteiger partial charge is 0.456 e. The molecule has 0 saturated heterocycles. The van der Waals surface area contributed by atoms with Crippen LogP contribution in [0.25, 0.3) is 88.4 Å². The average molecular weight is 971 g/mol. The summed E-state index contributed by atoms with van der Waals surface area (Å²) < 4.78 is 15.3. The molecule has 0 bridgehead atoms. The predicted octanol–water partition coefficient (Wildman–Crippen LogP) is 17.4. The van der Waals surface area contributed by atoms with Gasteiger partial charge < -0.3 is 8.83 Å². The van der Waals surface area contributed by atoms with Crippen molar-refractivity contribution in [2.45, 2.75) is 10.8 Å². The fourth-order valence-corrected chi connectivity index (χ4v) is 13.9. The Morgan fingerprint density at radius 2 is 0.758 bits per heavy atom. The minimum atomic E-state index is -0.408. The summed E-state index contributed by atoms with van der Waals surface area (Å²) in [6.07, 6.45) is 0. The van der Waals surface area contributed by atoms with Gasteiger partial charge in [-0.25, -0.2) is 0 Å². The van der Waals surface area contributed by atoms with Crippen LogP contribution in [0.2, 0.25) is 0 Å². The highest BCUT2D eigenvalue weighted by atomic mass is 79.9. The molecule has 4 aliphatic rings. The first-order chi connectivity index (χ1) is 32.6. The van der Waals surface area contributed by atoms with Crippen LogP contribution in [0.3, 0.4) is 0 Å². The molecule has 0 N–H and O–H groups in total. The van der Waals surface area contributed by atoms with E-state index in [9.17, 15) is 0 Å². The van der Waals surface area contributed by atoms with Crippen molar-refractivity contribution in [3.8, 4) is 44.5 Å². The van der Waals surface area contributed by atoms with Gasteiger partial charge in [-0.15, -0.1) is 0 Å². The summed E-state index contributed by atoms with van der Waals surface area (Å²) in [7, 11) is 0. The molecule has 0 saturated carbocycles. The van der Waals surface area contributed by atoms with Crippen molar-refractivity contribution >= 4 is 75.7 Å². The molecule has 2 heterocycles. The monoisotopic (exact) mass is 968 g/mol. The number of furan rings is 2. The van der Waals surface area contributed by atoms with Gasteiger partial charge in [-0.1, -0.05) is 196 Å². The van der Waals surface area contributed by atoms with Gasteiger partial charge >= 0.3 is 0 Å². The topological polar surface area (TPSA) is 26.3 Å². The highest BCUT2D eigenvalue weighted by Crippen LogP contribution is 2.66. The summed E-state index contributed by atoms with van der Waals surface area (Å²) in [4.78, 5) is 0. The Morgan fingerprint density at radius 1 is 0.288 bits per heavy atom. The van der Waals surface area contributed by atoms with Crippen LogP contribution in [0.5, 0.6) is 0 Å². The van der Waals surface area contributed by atoms with E-state index in [1.165, 1.54) is 111 Å². The van der Waals surface area contributed by atoms with Gasteiger partial charge in [0.1, 0.15) is 22.3 Å². The van der Waals surface area contributed by atoms with Gasteiger partial charge in [0.15, 0.2) is 0 Å². The molecule has 308 valence electrons. The normalized spacial score (nSPS) is 17.4. The van der Waals surface area contributed by atoms with Crippen LogP contribution in [0.1, 0.15) is 44.5 Å². The summed E-state index contributed by atoms with van der Waals surface area (Å²) >= 11 is 7.75. The molecule has 0 radical (unpaired) electrons. The number of fused-ring (bicyclic) bond motifs is 27. The van der Waals surface area contributed by atoms with E-state index in [-0.39, 0.29) is 5.41 Å². The molecule has 2 unspecified atom stereocenters. The summed E-state index contributed by atoms with van der Waals surface area (Å²) in [6, 6.07) is 74.6. The summed E-state index contributed by atoms with van der Waals surface area (Å²) in [5.74, 6) is 0. The number of halogens is 2. The molecule has 2 spiro atoms. The van der Waals surface area contributed by atoms with Gasteiger partial charge in [0.25, 0.3) is 0 Å². The highest BCUT2D eigenvalue weighted by Gasteiger charge is 2.54. The molecule has 2 aromatic heterocycles. The Bertz CT molecular complexity index is 4110. The minimum absolute atomic E-state index is 0.352. The van der Waals surface area contributed by atoms with E-state index in [0.29, 0.717) is 0 Å². The molecule has 0 fully saturated rings. The maximum absolute atomic E-state index is 6.66. The Kier molecular flexibility index (Phi) is 7.40. The van der Waals surface area contributed by atoms with E-state index in [1.54, 1.807) is 0 Å². The van der Waals surface area contributed by atoms with Gasteiger partial charge in [-0.2, -0.15) is 0 Å². The second kappa shape index (κ2) is 13.2. The quantitative estimate of drug-likeness (QED) is 0.151. The second-order valence-corrected chi connectivity index (χ2v) is 19.7. The molecule has 10 aromatic carbocycles. The van der Waals surface area contributed by atoms with Crippen molar-refractivity contribution in [3.05, 3.63) is 260 Å². The number of rotatable bonds is 0. The minimum Gasteiger partial charge on any atom is -0.456 e. The number of benzene rings is 10. The van der Waals surface area contributed by atoms with Crippen molar-refractivity contribution in [2.24, 2.45) is 0 Å². The molecule has 2 atom stereocenters. The molecule has 0 aliphatic heterocycles. The summed E-state index contributed by atoms with van der Waals surface area (Å²) in [5, 5.41) is 4.69. The average Bonchev–Trinajstić information content (AvgIpc) is 4.19. The smallest absolute Gasteiger partial charge is 0.140 e. The third-order valence-electron chi connectivity index (χ3n) is 15.1. The zero-order valence-corrected chi connectivity index (χ0v) is 38.4. The van der Waals surface area contributed by atoms with Crippen LogP contribution >= 0.6 is 31.9 Å². The van der Waals surface area contributed by atoms with Crippen molar-refractivity contribution in [1.29, 1.82) is 0 Å². The Morgan fingerprint density at radius 3 is 1.41 bits per heavy atom. The van der Waals surface area contributed by atoms with E-state index in [0.717, 1.165) is 31.3 Å². The molecule has 0 amide bonds. The van der Waals surface area contributed by atoms with Crippen LogP contribution in [0, 0.1) is 0 Å². The summed E-state index contributed by atoms with van der Waals surface area (Å²) in [5.41, 5.74) is 23.9. The molecule has 66 heavy (non-hydrogen) atoms. The highest BCUT2D eigenvalue weighted by molar-refractivity contribution is 9.11. The molecule has 16 rings (SSSR count). The molecule has 12 aromatic rings. The number of hydrogen-bond acceptors (Lipinski definition) is 2. The fourth-order valence-electron chi connectivity index (χ4n) is 12.8. The third-order valence-corrected chi connectivity index (χ3v) is 16.4. The SMILES string of the molecule is Brc1cccc2c1-c1ccccc1C21c2ccccc2-c2cc3c(cc21)oc1ccccc13.Brc1cccc2c1-c1ccccc1C21c2ccccc2-c2ccc3c(oc4ccccc43)c21. The molecule has 4 aliphatic carbocycles. The molecule has 4 heteroatoms. The van der Waals surface area contributed by atoms with E-state index in [2.05, 4.69) is 226 Å². The van der Waals surface area contributed by atoms with E-state index in [4.69, 9.17) is 8.83 Å². The third kappa shape index (κ3) is 4.42. The van der Waals surface area contributed by atoms with Crippen LogP contribution in [-0.4, -0.2) is 0 Å². The predicted molar refractivity (Wildman–Crippen MR) is 275 cm³/mol. The lowest BCUT2D eigenvalue weighted by Crippen LogP contribution is -2.26. The van der Waals surface area contributed by atoms with Gasteiger partial charge in [0.05, 0.1) is 10.8 Å². The van der Waals surface area contributed by atoms with Gasteiger partial charge in [-0.05, 0) is 115 Å². The second-order valence-electron chi connectivity index (χ2n) is 18.0. The number of para-hydroxylation sites is 2. The van der Waals surface area contributed by atoms with Crippen LogP contribution in [0.15, 0.2) is 224 Å². The van der Waals surface area contributed by atoms with Crippen LogP contribution in [-0.2, 0) is 10.8 Å². The van der Waals surface area contributed by atoms with Gasteiger partial charge in [0.2, 0.25) is 0 Å². The van der Waals surface area contributed by atoms with E-state index < -0.39 is 5.41 Å². The lowest BCUT2D eigenvalue weighted by Gasteiger charge is -2.30. The number of hydrogen-bond donors (Lipinski definition) is 0. The standard InChI is InChI=1S/2C31H17BrO/c32-27-14-7-13-25-30(27)20-10-2-5-12-24(20)31(25)23-11-4-1-8-18(23)21-16-22-19-9-3-6-15-28(19)33-29(22)17-26(21)31;32-26-14-7-13-25-28(26)22-10-2-5-12-24(22)31(25)23-11-4-1-8-18(23)20-16-17-21-19-9-3-6-15-27(19)33-30(21)29(20)31/h2*1-17H. The van der Waals surface area contributed by atoms with Crippen molar-refractivity contribution in [3.63, 3.8) is 0 Å². The zero-order valence-electron chi connectivity index (χ0n) is 35.2. The fraction of sp³-hybridized carbons (Fsp3) is 0.0323. The van der Waals surface area contributed by atoms with Crippen LogP contribution in [0.4, 0.5) is 0 Å². The van der Waals surface area contributed by atoms with Crippen molar-refractivity contribution in [2.75, 3.05) is 0 Å². The first-order valence-electron chi connectivity index (χ1n) is 22.5. The lowest BCUT2D eigenvalue weighted by molar-refractivity contribution is 0.652. The first kappa shape index (κ1) is 37.0. The lowest BCUT2D eigenvalue weighted by atomic mass is 9.70. The maximum Gasteiger partial charge on any atom is 0.140 e. The van der Waals surface area contributed by atoms with Crippen LogP contribution < -0.4 is 0 Å². The van der Waals surface area contributed by atoms with Crippen molar-refractivity contribution in [1.82, 2.24) is 0 Å². The molecular formula is C62H34Br2O2. The van der Waals surface area contributed by atoms with E-state index >= 15 is 0 Å². The van der Waals surface area contributed by atoms with Gasteiger partial charge in [-0.3, -0.25) is 0 Å². The summed E-state index contributed by atoms with van der Waals surface area (Å²) in [6.45, 7) is 0. The van der Waals surface area contributed by atoms with E-state index in [1.807, 2.05) is 12.1 Å².